The van der Waals surface area contributed by atoms with Crippen LogP contribution in [0.15, 0.2) is 64.1 Å². The first-order chi connectivity index (χ1) is 14.3. The van der Waals surface area contributed by atoms with E-state index in [2.05, 4.69) is 4.99 Å². The summed E-state index contributed by atoms with van der Waals surface area (Å²) in [4.78, 5) is 27.4. The molecule has 30 heavy (non-hydrogen) atoms. The molecule has 1 aliphatic rings. The van der Waals surface area contributed by atoms with Crippen molar-refractivity contribution in [2.24, 2.45) is 4.99 Å². The summed E-state index contributed by atoms with van der Waals surface area (Å²) >= 11 is 0. The minimum absolute atomic E-state index is 0.0629. The summed E-state index contributed by atoms with van der Waals surface area (Å²) in [5.41, 5.74) is 1.26. The van der Waals surface area contributed by atoms with Crippen molar-refractivity contribution < 1.29 is 27.9 Å². The number of aromatic carboxylic acids is 1. The van der Waals surface area contributed by atoms with Crippen molar-refractivity contribution in [1.29, 1.82) is 0 Å². The van der Waals surface area contributed by atoms with E-state index in [4.69, 9.17) is 9.84 Å². The standard InChI is InChI=1S/C21H20N2O6S/c1-3-23(4-2)30(27,28)17-11-9-15(10-12-17)19-22-18(21(26)29-19)13-14-5-7-16(8-6-14)20(24)25/h5-13H,3-4H2,1-2H3,(H,24,25)/b18-13-. The molecule has 1 heterocycles. The molecule has 1 aliphatic heterocycles. The molecule has 0 aliphatic carbocycles. The maximum atomic E-state index is 12.6. The maximum Gasteiger partial charge on any atom is 0.363 e. The quantitative estimate of drug-likeness (QED) is 0.536. The lowest BCUT2D eigenvalue weighted by Gasteiger charge is -2.18. The van der Waals surface area contributed by atoms with E-state index in [1.54, 1.807) is 26.0 Å². The first-order valence-corrected chi connectivity index (χ1v) is 10.7. The summed E-state index contributed by atoms with van der Waals surface area (Å²) in [7, 11) is -3.58. The van der Waals surface area contributed by atoms with Crippen molar-refractivity contribution in [3.63, 3.8) is 0 Å². The number of carbonyl (C=O) groups excluding carboxylic acids is 1. The van der Waals surface area contributed by atoms with Crippen molar-refractivity contribution in [3.8, 4) is 0 Å². The van der Waals surface area contributed by atoms with Gasteiger partial charge >= 0.3 is 11.9 Å². The normalized spacial score (nSPS) is 15.4. The van der Waals surface area contributed by atoms with Gasteiger partial charge in [0.1, 0.15) is 0 Å². The first-order valence-electron chi connectivity index (χ1n) is 9.22. The lowest BCUT2D eigenvalue weighted by molar-refractivity contribution is -0.129. The van der Waals surface area contributed by atoms with E-state index in [-0.39, 0.29) is 22.1 Å². The number of ether oxygens (including phenoxy) is 1. The Morgan fingerprint density at radius 3 is 2.20 bits per heavy atom. The second-order valence-electron chi connectivity index (χ2n) is 6.38. The predicted octanol–water partition coefficient (Wildman–Crippen LogP) is 2.76. The van der Waals surface area contributed by atoms with Gasteiger partial charge < -0.3 is 9.84 Å². The number of hydrogen-bond donors (Lipinski definition) is 1. The minimum atomic E-state index is -3.58. The fourth-order valence-corrected chi connectivity index (χ4v) is 4.35. The van der Waals surface area contributed by atoms with Gasteiger partial charge in [0.2, 0.25) is 15.9 Å². The summed E-state index contributed by atoms with van der Waals surface area (Å²) in [6.07, 6.45) is 1.49. The van der Waals surface area contributed by atoms with E-state index >= 15 is 0 Å². The zero-order valence-corrected chi connectivity index (χ0v) is 17.2. The SMILES string of the molecule is CCN(CC)S(=O)(=O)c1ccc(C2=N/C(=C\c3ccc(C(=O)O)cc3)C(=O)O2)cc1. The van der Waals surface area contributed by atoms with Crippen LogP contribution < -0.4 is 0 Å². The summed E-state index contributed by atoms with van der Waals surface area (Å²) in [5.74, 6) is -1.62. The topological polar surface area (TPSA) is 113 Å². The maximum absolute atomic E-state index is 12.6. The van der Waals surface area contributed by atoms with E-state index in [0.717, 1.165) is 0 Å². The van der Waals surface area contributed by atoms with Gasteiger partial charge in [-0.3, -0.25) is 0 Å². The highest BCUT2D eigenvalue weighted by atomic mass is 32.2. The van der Waals surface area contributed by atoms with Crippen LogP contribution in [0.3, 0.4) is 0 Å². The molecular weight excluding hydrogens is 408 g/mol. The van der Waals surface area contributed by atoms with Crippen LogP contribution in [0.2, 0.25) is 0 Å². The molecule has 0 saturated carbocycles. The number of aliphatic imine (C=N–C) groups is 1. The van der Waals surface area contributed by atoms with Gasteiger partial charge in [-0.05, 0) is 48.0 Å². The average Bonchev–Trinajstić information content (AvgIpc) is 3.09. The van der Waals surface area contributed by atoms with Gasteiger partial charge in [0.05, 0.1) is 10.5 Å². The molecule has 0 aromatic heterocycles. The van der Waals surface area contributed by atoms with Gasteiger partial charge in [-0.25, -0.2) is 23.0 Å². The summed E-state index contributed by atoms with van der Waals surface area (Å²) in [6.45, 7) is 4.27. The first kappa shape index (κ1) is 21.4. The summed E-state index contributed by atoms with van der Waals surface area (Å²) in [6, 6.07) is 11.9. The molecule has 2 aromatic carbocycles. The van der Waals surface area contributed by atoms with Gasteiger partial charge in [-0.15, -0.1) is 0 Å². The third-order valence-corrected chi connectivity index (χ3v) is 6.59. The zero-order valence-electron chi connectivity index (χ0n) is 16.4. The molecule has 2 aromatic rings. The molecule has 156 valence electrons. The van der Waals surface area contributed by atoms with Gasteiger partial charge in [0.25, 0.3) is 0 Å². The van der Waals surface area contributed by atoms with E-state index in [1.807, 2.05) is 0 Å². The molecule has 1 N–H and O–H groups in total. The van der Waals surface area contributed by atoms with E-state index in [0.29, 0.717) is 24.2 Å². The lowest BCUT2D eigenvalue weighted by atomic mass is 10.1. The Morgan fingerprint density at radius 2 is 1.67 bits per heavy atom. The fourth-order valence-electron chi connectivity index (χ4n) is 2.89. The Hall–Kier alpha value is -3.30. The van der Waals surface area contributed by atoms with E-state index < -0.39 is 22.0 Å². The molecule has 0 radical (unpaired) electrons. The summed E-state index contributed by atoms with van der Waals surface area (Å²) < 4.78 is 31.7. The number of hydrogen-bond acceptors (Lipinski definition) is 6. The number of carboxylic acids is 1. The number of cyclic esters (lactones) is 1. The number of benzene rings is 2. The number of carbonyl (C=O) groups is 2. The van der Waals surface area contributed by atoms with Crippen LogP contribution in [-0.2, 0) is 19.6 Å². The molecule has 0 fully saturated rings. The van der Waals surface area contributed by atoms with Crippen LogP contribution >= 0.6 is 0 Å². The highest BCUT2D eigenvalue weighted by Gasteiger charge is 2.26. The molecule has 9 heteroatoms. The van der Waals surface area contributed by atoms with Crippen LogP contribution in [0, 0.1) is 0 Å². The number of sulfonamides is 1. The Morgan fingerprint density at radius 1 is 1.07 bits per heavy atom. The lowest BCUT2D eigenvalue weighted by Crippen LogP contribution is -2.30. The fraction of sp³-hybridized carbons (Fsp3) is 0.190. The van der Waals surface area contributed by atoms with Crippen LogP contribution in [0.1, 0.15) is 35.3 Å². The second kappa shape index (κ2) is 8.60. The van der Waals surface area contributed by atoms with Gasteiger partial charge in [0, 0.05) is 18.7 Å². The van der Waals surface area contributed by atoms with Crippen LogP contribution in [-0.4, -0.2) is 48.8 Å². The van der Waals surface area contributed by atoms with Crippen molar-refractivity contribution in [2.75, 3.05) is 13.1 Å². The number of nitrogens with zero attached hydrogens (tertiary/aromatic N) is 2. The Bertz CT molecular complexity index is 1130. The van der Waals surface area contributed by atoms with Crippen LogP contribution in [0.25, 0.3) is 6.08 Å². The molecule has 0 spiro atoms. The van der Waals surface area contributed by atoms with Crippen molar-refractivity contribution in [2.45, 2.75) is 18.7 Å². The molecule has 0 saturated heterocycles. The molecule has 0 atom stereocenters. The average molecular weight is 428 g/mol. The molecule has 0 unspecified atom stereocenters. The van der Waals surface area contributed by atoms with E-state index in [9.17, 15) is 18.0 Å². The predicted molar refractivity (Wildman–Crippen MR) is 111 cm³/mol. The van der Waals surface area contributed by atoms with Crippen molar-refractivity contribution >= 4 is 33.9 Å². The van der Waals surface area contributed by atoms with Crippen molar-refractivity contribution in [1.82, 2.24) is 4.31 Å². The second-order valence-corrected chi connectivity index (χ2v) is 8.31. The minimum Gasteiger partial charge on any atom is -0.478 e. The van der Waals surface area contributed by atoms with Gasteiger partial charge in [0.15, 0.2) is 5.70 Å². The zero-order chi connectivity index (χ0) is 21.9. The number of rotatable bonds is 7. The van der Waals surface area contributed by atoms with Crippen LogP contribution in [0.4, 0.5) is 0 Å². The largest absolute Gasteiger partial charge is 0.478 e. The molecule has 0 bridgehead atoms. The Kier molecular flexibility index (Phi) is 6.14. The summed E-state index contributed by atoms with van der Waals surface area (Å²) in [5, 5.41) is 8.94. The molecule has 0 amide bonds. The Balaban J connectivity index is 1.85. The molecule has 3 rings (SSSR count). The number of carboxylic acid groups (broad SMARTS) is 1. The third kappa shape index (κ3) is 4.32. The highest BCUT2D eigenvalue weighted by Crippen LogP contribution is 2.22. The van der Waals surface area contributed by atoms with Crippen molar-refractivity contribution in [3.05, 3.63) is 70.9 Å². The van der Waals surface area contributed by atoms with Crippen LogP contribution in [0.5, 0.6) is 0 Å². The smallest absolute Gasteiger partial charge is 0.363 e. The third-order valence-electron chi connectivity index (χ3n) is 4.53. The van der Waals surface area contributed by atoms with Gasteiger partial charge in [-0.1, -0.05) is 26.0 Å². The van der Waals surface area contributed by atoms with Gasteiger partial charge in [-0.2, -0.15) is 4.31 Å². The number of esters is 1. The molecular formula is C21H20N2O6S. The highest BCUT2D eigenvalue weighted by molar-refractivity contribution is 7.89. The monoisotopic (exact) mass is 428 g/mol. The molecule has 8 nitrogen and oxygen atoms in total. The van der Waals surface area contributed by atoms with E-state index in [1.165, 1.54) is 46.8 Å². The Labute approximate surface area is 174 Å².